The third-order valence-electron chi connectivity index (χ3n) is 28.1. The molecule has 42 heteroatoms. The topological polar surface area (TPSA) is 400 Å². The Kier molecular flexibility index (Phi) is 29.6. The fourth-order valence-electron chi connectivity index (χ4n) is 20.7. The Bertz CT molecular complexity index is 7050. The Labute approximate surface area is 866 Å². The highest BCUT2D eigenvalue weighted by atomic mass is 79.9. The van der Waals surface area contributed by atoms with E-state index in [0.29, 0.717) is 155 Å². The van der Waals surface area contributed by atoms with Crippen molar-refractivity contribution in [2.24, 2.45) is 17.8 Å². The van der Waals surface area contributed by atoms with E-state index in [1.165, 1.54) is 41.5 Å². The van der Waals surface area contributed by atoms with E-state index in [2.05, 4.69) is 108 Å². The maximum absolute atomic E-state index is 15.6. The minimum atomic E-state index is -1.46. The van der Waals surface area contributed by atoms with Crippen molar-refractivity contribution in [3.05, 3.63) is 226 Å². The number of hydrogen-bond donors (Lipinski definition) is 3. The fourth-order valence-corrected chi connectivity index (χ4v) is 21.6. The molecule has 5 aromatic carbocycles. The fraction of sp³-hybridized carbons (Fsp3) is 0.368. The van der Waals surface area contributed by atoms with Gasteiger partial charge in [0.15, 0.2) is 41.5 Å². The second kappa shape index (κ2) is 43.2. The van der Waals surface area contributed by atoms with Crippen molar-refractivity contribution in [3.63, 3.8) is 0 Å². The maximum atomic E-state index is 15.6. The quantitative estimate of drug-likeness (QED) is 0.0272. The van der Waals surface area contributed by atoms with Crippen LogP contribution in [-0.4, -0.2) is 272 Å². The molecule has 0 unspecified atom stereocenters. The number of nitrogens with one attached hydrogen (secondary N) is 3. The van der Waals surface area contributed by atoms with Crippen LogP contribution in [0.25, 0.3) is 77.2 Å². The van der Waals surface area contributed by atoms with Gasteiger partial charge in [-0.1, -0.05) is 93.0 Å². The molecule has 0 saturated carbocycles. The number of Topliss-reactive ketones (excluding diaryl/α,β-unsaturated/α-hetero) is 3. The number of ketones is 3. The number of nitrogens with zero attached hydrogens (tertiary/aromatic N) is 14. The predicted molar refractivity (Wildman–Crippen MR) is 540 cm³/mol. The van der Waals surface area contributed by atoms with E-state index in [4.69, 9.17) is 54.2 Å². The van der Waals surface area contributed by atoms with Gasteiger partial charge in [-0.05, 0) is 142 Å². The molecule has 148 heavy (non-hydrogen) atoms. The van der Waals surface area contributed by atoms with Crippen LogP contribution in [0.3, 0.4) is 0 Å². The van der Waals surface area contributed by atoms with Crippen molar-refractivity contribution in [2.45, 2.75) is 172 Å². The number of aromatic nitrogens is 11. The van der Waals surface area contributed by atoms with E-state index in [-0.39, 0.29) is 160 Å². The zero-order valence-electron chi connectivity index (χ0n) is 80.7. The summed E-state index contributed by atoms with van der Waals surface area (Å²) in [5.74, 6) is -2.94. The molecule has 35 nitrogen and oxygen atoms in total. The highest BCUT2D eigenvalue weighted by Crippen LogP contribution is 2.42. The van der Waals surface area contributed by atoms with Gasteiger partial charge in [-0.15, -0.1) is 0 Å². The van der Waals surface area contributed by atoms with Crippen LogP contribution in [0, 0.1) is 23.6 Å². The Morgan fingerprint density at radius 1 is 0.392 bits per heavy atom. The smallest absolute Gasteiger partial charge is 0.316 e. The molecule has 18 atom stereocenters. The molecule has 9 saturated heterocycles. The van der Waals surface area contributed by atoms with Crippen LogP contribution in [0.4, 0.5) is 34.9 Å². The van der Waals surface area contributed by atoms with Crippen LogP contribution in [-0.2, 0) is 76.8 Å². The minimum Gasteiger partial charge on any atom is -0.455 e. The third kappa shape index (κ3) is 21.4. The van der Waals surface area contributed by atoms with E-state index in [1.54, 1.807) is 148 Å². The van der Waals surface area contributed by atoms with Crippen LogP contribution in [0.5, 0.6) is 18.0 Å². The second-order valence-electron chi connectivity index (χ2n) is 38.3. The van der Waals surface area contributed by atoms with Crippen molar-refractivity contribution >= 4 is 146 Å². The standard InChI is InChI=1S/C40H36ClF2N5O6.2C33H32BrFN6O6/c1-21-19-52-38-34(20-53-37(21)38)54-40-44-14-24(15-45-40)23-10-11-32-28(12-23)29(22(2)49)17-47(32)18-35(50)48-16-25(42)13-33(48)39(51)46-31-9-5-7-27(36(31)43)26-6-3-4-8-30(26)41;2*1-17-15-45-31-26(16-46-30(17)31)47-33-36-10-20(11-37-33)19-6-7-24-22(8-19)23(18(2)42)13-40(24)14-29(43)41-12-21(35)9-25(41)32(44)39-28-5-3-4-27(34)38-28/h3-12,14-15,17,21,25,33-34,37-38H,13,16,18-20H2,1-2H3,(H,46,51);2*3-8,10-11,13,17,21,25-26,30-31H,9,12,14-16H2,1-2H3,(H,38,39,44)/t21-,25-,33+,34-,37-,38-;2*17-,21-,25+,26-,30-,31-/m111/s1. The average Bonchev–Trinajstić information content (AvgIpc) is 1.62. The van der Waals surface area contributed by atoms with Gasteiger partial charge in [-0.3, -0.25) is 43.2 Å². The first-order chi connectivity index (χ1) is 71.3. The van der Waals surface area contributed by atoms with Gasteiger partial charge in [0.05, 0.1) is 83.3 Å². The number of likely N-dealkylation sites (tertiary alicyclic amines) is 3. The lowest BCUT2D eigenvalue weighted by Gasteiger charge is -2.24. The molecular formula is C106H100Br2ClF4N17O18. The molecule has 0 radical (unpaired) electrons. The number of pyridine rings is 2. The Morgan fingerprint density at radius 2 is 0.709 bits per heavy atom. The molecule has 8 aromatic heterocycles. The van der Waals surface area contributed by atoms with Crippen molar-refractivity contribution < 1.29 is 103 Å². The second-order valence-corrected chi connectivity index (χ2v) is 40.4. The first-order valence-corrected chi connectivity index (χ1v) is 50.4. The summed E-state index contributed by atoms with van der Waals surface area (Å²) in [5, 5.41) is 10.1. The minimum absolute atomic E-state index is 0.00318. The van der Waals surface area contributed by atoms with Crippen molar-refractivity contribution in [1.82, 2.24) is 68.3 Å². The number of anilines is 3. The van der Waals surface area contributed by atoms with Gasteiger partial charge >= 0.3 is 18.0 Å². The van der Waals surface area contributed by atoms with E-state index in [0.717, 1.165) is 16.7 Å². The van der Waals surface area contributed by atoms with Gasteiger partial charge < -0.3 is 87.0 Å². The lowest BCUT2D eigenvalue weighted by molar-refractivity contribution is -0.137. The summed E-state index contributed by atoms with van der Waals surface area (Å²) in [7, 11) is 0. The number of carbonyl (C=O) groups is 9. The van der Waals surface area contributed by atoms with Crippen LogP contribution < -0.4 is 30.2 Å². The number of fused-ring (bicyclic) bond motifs is 6. The molecule has 3 N–H and O–H groups in total. The molecule has 0 spiro atoms. The van der Waals surface area contributed by atoms with Gasteiger partial charge in [-0.2, -0.15) is 0 Å². The Balaban J connectivity index is 0.000000135. The molecule has 22 rings (SSSR count). The van der Waals surface area contributed by atoms with Crippen LogP contribution in [0.1, 0.15) is 91.9 Å². The van der Waals surface area contributed by atoms with Crippen molar-refractivity contribution in [1.29, 1.82) is 0 Å². The lowest BCUT2D eigenvalue weighted by atomic mass is 10.0. The molecule has 0 bridgehead atoms. The molecular weight excluding hydrogens is 2070 g/mol. The molecule has 9 fully saturated rings. The molecule has 13 aromatic rings. The summed E-state index contributed by atoms with van der Waals surface area (Å²) in [6.07, 6.45) is 8.79. The predicted octanol–water partition coefficient (Wildman–Crippen LogP) is 15.0. The lowest BCUT2D eigenvalue weighted by Crippen LogP contribution is -2.44. The number of rotatable bonds is 25. The molecule has 0 aliphatic carbocycles. The normalized spacial score (nSPS) is 24.6. The zero-order valence-corrected chi connectivity index (χ0v) is 84.6. The van der Waals surface area contributed by atoms with Gasteiger partial charge in [-0.25, -0.2) is 57.4 Å². The summed E-state index contributed by atoms with van der Waals surface area (Å²) in [6.45, 7) is 12.4. The average molecular weight is 2170 g/mol. The molecule has 9 aliphatic heterocycles. The molecule has 9 aliphatic rings. The van der Waals surface area contributed by atoms with Gasteiger partial charge in [0.1, 0.15) is 95.4 Å². The number of carbonyl (C=O) groups excluding carboxylic acids is 9. The monoisotopic (exact) mass is 2170 g/mol. The van der Waals surface area contributed by atoms with E-state index in [9.17, 15) is 56.3 Å². The van der Waals surface area contributed by atoms with Gasteiger partial charge in [0.25, 0.3) is 0 Å². The highest BCUT2D eigenvalue weighted by Gasteiger charge is 2.52. The third-order valence-corrected chi connectivity index (χ3v) is 29.3. The van der Waals surface area contributed by atoms with E-state index < -0.39 is 77.9 Å². The summed E-state index contributed by atoms with van der Waals surface area (Å²) >= 11 is 12.8. The highest BCUT2D eigenvalue weighted by molar-refractivity contribution is 9.10. The molecule has 17 heterocycles. The van der Waals surface area contributed by atoms with E-state index >= 15 is 4.39 Å². The Morgan fingerprint density at radius 3 is 1.04 bits per heavy atom. The zero-order chi connectivity index (χ0) is 103. The summed E-state index contributed by atoms with van der Waals surface area (Å²) < 4.78 is 119. The van der Waals surface area contributed by atoms with Gasteiger partial charge in [0, 0.05) is 175 Å². The largest absolute Gasteiger partial charge is 0.455 e. The van der Waals surface area contributed by atoms with E-state index in [1.807, 2.05) is 48.5 Å². The number of ether oxygens (including phenoxy) is 9. The summed E-state index contributed by atoms with van der Waals surface area (Å²) in [4.78, 5) is 157. The maximum Gasteiger partial charge on any atom is 0.316 e. The summed E-state index contributed by atoms with van der Waals surface area (Å²) in [6, 6.07) is 35.3. The van der Waals surface area contributed by atoms with Crippen molar-refractivity contribution in [3.8, 4) is 62.5 Å². The number of hydrogen-bond acceptors (Lipinski definition) is 26. The number of alkyl halides is 3. The van der Waals surface area contributed by atoms with Crippen LogP contribution in [0.15, 0.2) is 198 Å². The van der Waals surface area contributed by atoms with Crippen LogP contribution in [0.2, 0.25) is 5.02 Å². The first kappa shape index (κ1) is 101. The first-order valence-electron chi connectivity index (χ1n) is 48.4. The molecule has 6 amide bonds. The van der Waals surface area contributed by atoms with Crippen LogP contribution >= 0.6 is 43.5 Å². The number of benzene rings is 5. The number of amides is 6. The van der Waals surface area contributed by atoms with Gasteiger partial charge in [0.2, 0.25) is 35.4 Å². The SMILES string of the molecule is CC(=O)c1cn(CC(=O)N2C[C@H](F)C[C@H]2C(=O)Nc2cccc(-c3ccccc3Cl)c2F)c2ccc(-c3cnc(O[C@@H]4CO[C@H]5[C@@H]4OC[C@H]5C)nc3)cc12.CC(=O)c1cn(CC(=O)N2C[C@H](F)C[C@H]2C(=O)Nc2cccc(Br)n2)c2ccc(-c3cnc(O[C@@H]4CO[C@H]5[C@@H]4OC[C@H]5C)nc3)cc12.CC(=O)c1cn(CC(=O)N2C[C@H](F)C[C@H]2C(=O)Nc2cccc(Br)n2)c2ccc(-c3cnc(O[C@@H]4CO[C@H]5[C@@H]4OC[C@H]5C)nc3)cc12. The summed E-state index contributed by atoms with van der Waals surface area (Å²) in [5.41, 5.74) is 8.02. The van der Waals surface area contributed by atoms with Crippen molar-refractivity contribution in [2.75, 3.05) is 75.2 Å². The Hall–Kier alpha value is -13.8. The number of halogens is 7. The molecule has 766 valence electrons.